The summed E-state index contributed by atoms with van der Waals surface area (Å²) in [5.41, 5.74) is 2.13. The lowest BCUT2D eigenvalue weighted by atomic mass is 10.2. The molecule has 0 bridgehead atoms. The Morgan fingerprint density at radius 3 is 1.85 bits per heavy atom. The molecule has 0 saturated carbocycles. The lowest BCUT2D eigenvalue weighted by molar-refractivity contribution is 0.101. The molecule has 0 aromatic carbocycles. The van der Waals surface area contributed by atoms with E-state index >= 15 is 0 Å². The number of anilines is 2. The highest BCUT2D eigenvalue weighted by molar-refractivity contribution is 6.05. The first-order chi connectivity index (χ1) is 12.5. The molecule has 0 aliphatic heterocycles. The van der Waals surface area contributed by atoms with Crippen molar-refractivity contribution in [2.75, 3.05) is 10.6 Å². The Morgan fingerprint density at radius 2 is 1.35 bits per heavy atom. The van der Waals surface area contributed by atoms with Gasteiger partial charge in [0.25, 0.3) is 11.8 Å². The predicted molar refractivity (Wildman–Crippen MR) is 98.1 cm³/mol. The van der Waals surface area contributed by atoms with Crippen LogP contribution in [0.25, 0.3) is 0 Å². The summed E-state index contributed by atoms with van der Waals surface area (Å²) in [6, 6.07) is 13.7. The molecule has 0 fully saturated rings. The fourth-order valence-corrected chi connectivity index (χ4v) is 2.26. The number of hydrogen-bond donors (Lipinski definition) is 2. The summed E-state index contributed by atoms with van der Waals surface area (Å²) in [5.74, 6) is 0.171. The number of pyridine rings is 3. The van der Waals surface area contributed by atoms with Crippen LogP contribution in [-0.4, -0.2) is 26.8 Å². The Labute approximate surface area is 150 Å². The van der Waals surface area contributed by atoms with Gasteiger partial charge in [-0.25, -0.2) is 9.97 Å². The Kier molecular flexibility index (Phi) is 4.98. The minimum atomic E-state index is -0.393. The van der Waals surface area contributed by atoms with E-state index in [4.69, 9.17) is 0 Å². The normalized spacial score (nSPS) is 10.2. The molecule has 3 aromatic rings. The maximum atomic E-state index is 12.2. The van der Waals surface area contributed by atoms with Crippen LogP contribution in [0.2, 0.25) is 0 Å². The van der Waals surface area contributed by atoms with Crippen LogP contribution in [0.15, 0.2) is 54.7 Å². The lowest BCUT2D eigenvalue weighted by Crippen LogP contribution is -2.17. The molecule has 7 nitrogen and oxygen atoms in total. The van der Waals surface area contributed by atoms with Gasteiger partial charge < -0.3 is 10.6 Å². The van der Waals surface area contributed by atoms with Crippen molar-refractivity contribution in [3.63, 3.8) is 0 Å². The number of nitrogens with zero attached hydrogens (tertiary/aromatic N) is 3. The van der Waals surface area contributed by atoms with Crippen LogP contribution >= 0.6 is 0 Å². The number of aryl methyl sites for hydroxylation is 2. The molecule has 0 spiro atoms. The van der Waals surface area contributed by atoms with E-state index in [1.165, 1.54) is 18.3 Å². The topological polar surface area (TPSA) is 96.9 Å². The van der Waals surface area contributed by atoms with Crippen molar-refractivity contribution in [2.24, 2.45) is 0 Å². The Balaban J connectivity index is 1.67. The summed E-state index contributed by atoms with van der Waals surface area (Å²) < 4.78 is 0. The number of nitrogens with one attached hydrogen (secondary N) is 2. The number of amides is 2. The van der Waals surface area contributed by atoms with E-state index in [0.29, 0.717) is 17.2 Å². The van der Waals surface area contributed by atoms with Crippen LogP contribution in [0, 0.1) is 13.8 Å². The molecule has 0 atom stereocenters. The largest absolute Gasteiger partial charge is 0.307 e. The maximum absolute atomic E-state index is 12.2. The van der Waals surface area contributed by atoms with Gasteiger partial charge in [-0.3, -0.25) is 14.6 Å². The highest BCUT2D eigenvalue weighted by atomic mass is 16.2. The fraction of sp³-hybridized carbons (Fsp3) is 0.105. The van der Waals surface area contributed by atoms with Crippen molar-refractivity contribution in [3.05, 3.63) is 77.4 Å². The second-order valence-electron chi connectivity index (χ2n) is 5.67. The monoisotopic (exact) mass is 347 g/mol. The number of aromatic nitrogens is 3. The summed E-state index contributed by atoms with van der Waals surface area (Å²) in [6.45, 7) is 3.68. The van der Waals surface area contributed by atoms with Crippen molar-refractivity contribution >= 4 is 23.5 Å². The van der Waals surface area contributed by atoms with Crippen LogP contribution in [0.3, 0.4) is 0 Å². The molecule has 2 amide bonds. The average molecular weight is 347 g/mol. The van der Waals surface area contributed by atoms with Gasteiger partial charge in [0.2, 0.25) is 0 Å². The summed E-state index contributed by atoms with van der Waals surface area (Å²) in [7, 11) is 0. The van der Waals surface area contributed by atoms with E-state index < -0.39 is 5.91 Å². The van der Waals surface area contributed by atoms with Crippen LogP contribution in [0.4, 0.5) is 11.6 Å². The minimum Gasteiger partial charge on any atom is -0.307 e. The van der Waals surface area contributed by atoms with Crippen LogP contribution in [-0.2, 0) is 0 Å². The van der Waals surface area contributed by atoms with E-state index in [2.05, 4.69) is 25.6 Å². The maximum Gasteiger partial charge on any atom is 0.275 e. The zero-order valence-electron chi connectivity index (χ0n) is 14.4. The number of hydrogen-bond acceptors (Lipinski definition) is 5. The van der Waals surface area contributed by atoms with E-state index in [9.17, 15) is 9.59 Å². The molecule has 0 aliphatic rings. The first-order valence-corrected chi connectivity index (χ1v) is 7.97. The highest BCUT2D eigenvalue weighted by Crippen LogP contribution is 2.09. The third-order valence-electron chi connectivity index (χ3n) is 3.52. The molecule has 3 aromatic heterocycles. The molecular formula is C19H17N5O2. The molecular weight excluding hydrogens is 330 g/mol. The average Bonchev–Trinajstić information content (AvgIpc) is 2.62. The SMILES string of the molecule is Cc1cccc(NC(=O)c2ccc(C(=O)Nc3cccc(C)n3)nc2)n1. The summed E-state index contributed by atoms with van der Waals surface area (Å²) in [6.07, 6.45) is 1.35. The van der Waals surface area contributed by atoms with E-state index in [-0.39, 0.29) is 11.6 Å². The van der Waals surface area contributed by atoms with Gasteiger partial charge in [0, 0.05) is 17.6 Å². The van der Waals surface area contributed by atoms with Crippen molar-refractivity contribution in [1.29, 1.82) is 0 Å². The molecule has 7 heteroatoms. The van der Waals surface area contributed by atoms with Crippen LogP contribution in [0.5, 0.6) is 0 Å². The van der Waals surface area contributed by atoms with Crippen molar-refractivity contribution < 1.29 is 9.59 Å². The molecule has 26 heavy (non-hydrogen) atoms. The Bertz CT molecular complexity index is 876. The van der Waals surface area contributed by atoms with Crippen molar-refractivity contribution in [2.45, 2.75) is 13.8 Å². The van der Waals surface area contributed by atoms with Gasteiger partial charge in [-0.05, 0) is 50.2 Å². The van der Waals surface area contributed by atoms with Gasteiger partial charge >= 0.3 is 0 Å². The summed E-state index contributed by atoms with van der Waals surface area (Å²) in [5, 5.41) is 5.36. The van der Waals surface area contributed by atoms with Gasteiger partial charge in [0.05, 0.1) is 5.56 Å². The van der Waals surface area contributed by atoms with Gasteiger partial charge in [-0.15, -0.1) is 0 Å². The quantitative estimate of drug-likeness (QED) is 0.756. The molecule has 3 rings (SSSR count). The molecule has 2 N–H and O–H groups in total. The zero-order valence-corrected chi connectivity index (χ0v) is 14.4. The smallest absolute Gasteiger partial charge is 0.275 e. The van der Waals surface area contributed by atoms with Gasteiger partial charge in [0.1, 0.15) is 17.3 Å². The zero-order chi connectivity index (χ0) is 18.5. The Morgan fingerprint density at radius 1 is 0.769 bits per heavy atom. The Hall–Kier alpha value is -3.61. The molecule has 0 saturated heterocycles. The van der Waals surface area contributed by atoms with E-state index in [1.807, 2.05) is 32.0 Å². The molecule has 0 radical (unpaired) electrons. The predicted octanol–water partition coefficient (Wildman–Crippen LogP) is 2.99. The fourth-order valence-electron chi connectivity index (χ4n) is 2.26. The van der Waals surface area contributed by atoms with Gasteiger partial charge in [-0.2, -0.15) is 0 Å². The number of rotatable bonds is 4. The van der Waals surface area contributed by atoms with Crippen molar-refractivity contribution in [1.82, 2.24) is 15.0 Å². The van der Waals surface area contributed by atoms with Gasteiger partial charge in [0.15, 0.2) is 0 Å². The summed E-state index contributed by atoms with van der Waals surface area (Å²) in [4.78, 5) is 36.9. The standard InChI is InChI=1S/C19H17N5O2/c1-12-5-3-7-16(21-12)23-18(25)14-9-10-15(20-11-14)19(26)24-17-8-4-6-13(2)22-17/h3-11H,1-2H3,(H,21,23,25)(H,22,24,26). The molecule has 130 valence electrons. The molecule has 0 aliphatic carbocycles. The van der Waals surface area contributed by atoms with E-state index in [1.54, 1.807) is 18.2 Å². The van der Waals surface area contributed by atoms with Crippen LogP contribution in [0.1, 0.15) is 32.2 Å². The minimum absolute atomic E-state index is 0.193. The number of carbonyl (C=O) groups excluding carboxylic acids is 2. The lowest BCUT2D eigenvalue weighted by Gasteiger charge is -2.07. The second kappa shape index (κ2) is 7.52. The third kappa shape index (κ3) is 4.27. The van der Waals surface area contributed by atoms with E-state index in [0.717, 1.165) is 11.4 Å². The third-order valence-corrected chi connectivity index (χ3v) is 3.52. The second-order valence-corrected chi connectivity index (χ2v) is 5.67. The van der Waals surface area contributed by atoms with Crippen molar-refractivity contribution in [3.8, 4) is 0 Å². The summed E-state index contributed by atoms with van der Waals surface area (Å²) >= 11 is 0. The highest BCUT2D eigenvalue weighted by Gasteiger charge is 2.12. The number of carbonyl (C=O) groups is 2. The van der Waals surface area contributed by atoms with Gasteiger partial charge in [-0.1, -0.05) is 12.1 Å². The first kappa shape index (κ1) is 17.2. The first-order valence-electron chi connectivity index (χ1n) is 7.97. The van der Waals surface area contributed by atoms with Crippen LogP contribution < -0.4 is 10.6 Å². The molecule has 3 heterocycles. The molecule has 0 unspecified atom stereocenters.